The Balaban J connectivity index is 2.09. The molecule has 1 atom stereocenters. The predicted octanol–water partition coefficient (Wildman–Crippen LogP) is 11.5. The molecule has 12 heteroatoms. The van der Waals surface area contributed by atoms with Gasteiger partial charge in [0.05, 0.1) is 0 Å². The molecule has 1 fully saturated rings. The molecule has 0 aromatic heterocycles. The van der Waals surface area contributed by atoms with Crippen molar-refractivity contribution in [1.82, 2.24) is 0 Å². The van der Waals surface area contributed by atoms with Crippen LogP contribution in [-0.2, 0) is 27.3 Å². The van der Waals surface area contributed by atoms with E-state index in [2.05, 4.69) is 65.5 Å². The molecule has 1 unspecified atom stereocenters. The third-order valence-electron chi connectivity index (χ3n) is 9.61. The molecular formula is C36H84O5SSi6. The summed E-state index contributed by atoms with van der Waals surface area (Å²) < 4.78 is 39.0. The lowest BCUT2D eigenvalue weighted by molar-refractivity contribution is 0.266. The van der Waals surface area contributed by atoms with E-state index in [-0.39, 0.29) is 0 Å². The minimum absolute atomic E-state index is 0.566. The third-order valence-corrected chi connectivity index (χ3v) is 29.7. The van der Waals surface area contributed by atoms with Crippen LogP contribution >= 0.6 is 0 Å². The fourth-order valence-electron chi connectivity index (χ4n) is 7.54. The normalized spacial score (nSPS) is 16.1. The standard InChI is InChI=1S/C36H84O5SSi6/c1-43(2)38-48(39-44(3)4,40-45(5)6)34-28-21-17-16-20-27-33-47(9,10)41-46(7,8)32-26-19-15-13-11-12-14-18-25-31-42(37)35-36-29-23-22-24-30-36/h36,43-45H,11-35H2,1-10H3. The van der Waals surface area contributed by atoms with Gasteiger partial charge < -0.3 is 16.5 Å². The molecule has 0 heterocycles. The number of unbranched alkanes of at least 4 members (excludes halogenated alkanes) is 13. The SMILES string of the molecule is C[SiH](C)O[Si](CCCCCCCC[Si](C)(C)O[Si](C)(C)CCCCCCCCCCCS(=O)CC1CCCCC1)(O[SiH](C)C)O[SiH](C)C. The van der Waals surface area contributed by atoms with Gasteiger partial charge in [0.15, 0.2) is 43.8 Å². The van der Waals surface area contributed by atoms with Crippen molar-refractivity contribution in [3.05, 3.63) is 0 Å². The summed E-state index contributed by atoms with van der Waals surface area (Å²) in [4.78, 5) is 0. The van der Waals surface area contributed by atoms with E-state index in [0.717, 1.165) is 23.5 Å². The second kappa shape index (κ2) is 27.0. The molecule has 48 heavy (non-hydrogen) atoms. The Kier molecular flexibility index (Phi) is 26.6. The zero-order valence-electron chi connectivity index (χ0n) is 33.9. The van der Waals surface area contributed by atoms with Crippen molar-refractivity contribution in [1.29, 1.82) is 0 Å². The molecule has 0 radical (unpaired) electrons. The van der Waals surface area contributed by atoms with E-state index in [0.29, 0.717) is 0 Å². The van der Waals surface area contributed by atoms with Crippen LogP contribution in [0.25, 0.3) is 0 Å². The molecule has 0 N–H and O–H groups in total. The molecule has 1 aliphatic rings. The van der Waals surface area contributed by atoms with Crippen LogP contribution in [0, 0.1) is 5.92 Å². The van der Waals surface area contributed by atoms with Crippen molar-refractivity contribution in [3.8, 4) is 0 Å². The lowest BCUT2D eigenvalue weighted by atomic mass is 9.91. The average Bonchev–Trinajstić information content (AvgIpc) is 2.96. The molecule has 0 amide bonds. The van der Waals surface area contributed by atoms with Gasteiger partial charge >= 0.3 is 8.80 Å². The van der Waals surface area contributed by atoms with Crippen molar-refractivity contribution in [2.75, 3.05) is 11.5 Å². The summed E-state index contributed by atoms with van der Waals surface area (Å²) in [7, 11) is -9.81. The smallest absolute Gasteiger partial charge is 0.455 e. The first-order chi connectivity index (χ1) is 22.6. The first kappa shape index (κ1) is 47.3. The molecule has 0 spiro atoms. The molecule has 0 saturated heterocycles. The summed E-state index contributed by atoms with van der Waals surface area (Å²) in [5.74, 6) is 2.69. The number of hydrogen-bond acceptors (Lipinski definition) is 5. The quantitative estimate of drug-likeness (QED) is 0.0517. The average molecular weight is 798 g/mol. The summed E-state index contributed by atoms with van der Waals surface area (Å²) >= 11 is 0. The van der Waals surface area contributed by atoms with Gasteiger partial charge in [0.25, 0.3) is 0 Å². The Morgan fingerprint density at radius 3 is 1.27 bits per heavy atom. The Labute approximate surface area is 311 Å². The fourth-order valence-corrected chi connectivity index (χ4v) is 31.0. The van der Waals surface area contributed by atoms with Crippen LogP contribution in [0.2, 0.25) is 83.6 Å². The zero-order chi connectivity index (χ0) is 35.9. The maximum Gasteiger partial charge on any atom is 0.468 e. The maximum atomic E-state index is 12.4. The molecule has 5 nitrogen and oxygen atoms in total. The molecule has 0 bridgehead atoms. The van der Waals surface area contributed by atoms with E-state index in [9.17, 15) is 4.21 Å². The van der Waals surface area contributed by atoms with Gasteiger partial charge in [0.2, 0.25) is 0 Å². The Morgan fingerprint density at radius 2 is 0.875 bits per heavy atom. The van der Waals surface area contributed by atoms with Gasteiger partial charge in [0.1, 0.15) is 0 Å². The van der Waals surface area contributed by atoms with Gasteiger partial charge in [0, 0.05) is 28.3 Å². The first-order valence-electron chi connectivity index (χ1n) is 20.7. The summed E-state index contributed by atoms with van der Waals surface area (Å²) in [6, 6.07) is 3.65. The molecular weight excluding hydrogens is 713 g/mol. The largest absolute Gasteiger partial charge is 0.468 e. The van der Waals surface area contributed by atoms with Crippen LogP contribution in [-0.4, -0.2) is 68.3 Å². The number of rotatable bonds is 31. The Morgan fingerprint density at radius 1 is 0.521 bits per heavy atom. The molecule has 1 rings (SSSR count). The highest BCUT2D eigenvalue weighted by Gasteiger charge is 2.42. The van der Waals surface area contributed by atoms with Crippen LogP contribution in [0.3, 0.4) is 0 Å². The minimum Gasteiger partial charge on any atom is -0.455 e. The van der Waals surface area contributed by atoms with Crippen molar-refractivity contribution < 1.29 is 20.7 Å². The lowest BCUT2D eigenvalue weighted by Gasteiger charge is -2.35. The third kappa shape index (κ3) is 26.1. The van der Waals surface area contributed by atoms with E-state index in [1.807, 2.05) is 0 Å². The highest BCUT2D eigenvalue weighted by Crippen LogP contribution is 2.28. The van der Waals surface area contributed by atoms with Crippen LogP contribution in [0.15, 0.2) is 0 Å². The molecule has 1 aliphatic carbocycles. The van der Waals surface area contributed by atoms with Crippen LogP contribution in [0.5, 0.6) is 0 Å². The summed E-state index contributed by atoms with van der Waals surface area (Å²) in [6.07, 6.45) is 26.5. The van der Waals surface area contributed by atoms with Crippen LogP contribution in [0.4, 0.5) is 0 Å². The van der Waals surface area contributed by atoms with Crippen molar-refractivity contribution >= 4 is 63.4 Å². The summed E-state index contributed by atoms with van der Waals surface area (Å²) in [6.45, 7) is 23.4. The number of hydrogen-bond donors (Lipinski definition) is 0. The molecule has 0 aromatic rings. The molecule has 288 valence electrons. The monoisotopic (exact) mass is 796 g/mol. The van der Waals surface area contributed by atoms with Gasteiger partial charge in [-0.2, -0.15) is 0 Å². The highest BCUT2D eigenvalue weighted by molar-refractivity contribution is 7.84. The maximum absolute atomic E-state index is 12.4. The minimum atomic E-state index is -2.47. The fraction of sp³-hybridized carbons (Fsp3) is 1.00. The van der Waals surface area contributed by atoms with Crippen molar-refractivity contribution in [3.63, 3.8) is 0 Å². The van der Waals surface area contributed by atoms with Crippen LogP contribution < -0.4 is 0 Å². The lowest BCUT2D eigenvalue weighted by Crippen LogP contribution is -2.53. The van der Waals surface area contributed by atoms with Gasteiger partial charge in [-0.15, -0.1) is 0 Å². The second-order valence-corrected chi connectivity index (χ2v) is 38.6. The van der Waals surface area contributed by atoms with E-state index < -0.39 is 63.4 Å². The Hall–Kier alpha value is 1.29. The molecule has 0 aliphatic heterocycles. The highest BCUT2D eigenvalue weighted by atomic mass is 32.2. The zero-order valence-corrected chi connectivity index (χ0v) is 41.2. The molecule has 1 saturated carbocycles. The topological polar surface area (TPSA) is 54.0 Å². The van der Waals surface area contributed by atoms with Crippen molar-refractivity contribution in [2.45, 2.75) is 212 Å². The van der Waals surface area contributed by atoms with Gasteiger partial charge in [-0.1, -0.05) is 103 Å². The van der Waals surface area contributed by atoms with E-state index >= 15 is 0 Å². The summed E-state index contributed by atoms with van der Waals surface area (Å²) in [5.41, 5.74) is 0. The van der Waals surface area contributed by atoms with Gasteiger partial charge in [-0.3, -0.25) is 4.21 Å². The van der Waals surface area contributed by atoms with Gasteiger partial charge in [-0.25, -0.2) is 0 Å². The second-order valence-electron chi connectivity index (χ2n) is 17.2. The van der Waals surface area contributed by atoms with Crippen LogP contribution in [0.1, 0.15) is 128 Å². The van der Waals surface area contributed by atoms with E-state index in [1.165, 1.54) is 141 Å². The van der Waals surface area contributed by atoms with Crippen molar-refractivity contribution in [2.24, 2.45) is 5.92 Å². The van der Waals surface area contributed by atoms with Gasteiger partial charge in [-0.05, 0) is 109 Å². The summed E-state index contributed by atoms with van der Waals surface area (Å²) in [5, 5.41) is 0. The van der Waals surface area contributed by atoms with E-state index in [1.54, 1.807) is 0 Å². The van der Waals surface area contributed by atoms with E-state index in [4.69, 9.17) is 16.5 Å². The first-order valence-corrected chi connectivity index (χ1v) is 38.7. The Bertz CT molecular complexity index is 785. The predicted molar refractivity (Wildman–Crippen MR) is 230 cm³/mol. The molecule has 0 aromatic carbocycles.